The Kier molecular flexibility index (Phi) is 8.37. The molecule has 158 valence electrons. The summed E-state index contributed by atoms with van der Waals surface area (Å²) < 4.78 is 31.2. The molecule has 2 rings (SSSR count). The fraction of sp³-hybridized carbons (Fsp3) is 0.632. The molecule has 2 amide bonds. The Morgan fingerprint density at radius 2 is 1.96 bits per heavy atom. The number of anilines is 2. The average molecular weight is 413 g/mol. The molecule has 1 aromatic rings. The Bertz CT molecular complexity index is 746. The number of rotatable bonds is 9. The zero-order chi connectivity index (χ0) is 20.6. The van der Waals surface area contributed by atoms with Crippen molar-refractivity contribution in [1.82, 2.24) is 10.2 Å². The Morgan fingerprint density at radius 1 is 1.25 bits per heavy atom. The van der Waals surface area contributed by atoms with E-state index in [1.807, 2.05) is 0 Å². The van der Waals surface area contributed by atoms with Crippen LogP contribution in [0.4, 0.5) is 16.2 Å². The van der Waals surface area contributed by atoms with Crippen LogP contribution in [0.3, 0.4) is 0 Å². The molecule has 0 spiro atoms. The monoisotopic (exact) mass is 412 g/mol. The standard InChI is InChI=1S/C19H32N4O4S/c1-4-10-23-11-8-15(9-12-23)14-20-19(24)21-16-6-7-17(18(13-16)27-3)22-28(25,26)5-2/h6-7,13,15,22H,4-5,8-12,14H2,1-3H3,(H2,20,21,24). The summed E-state index contributed by atoms with van der Waals surface area (Å²) in [7, 11) is -1.95. The Morgan fingerprint density at radius 3 is 2.57 bits per heavy atom. The maximum atomic E-state index is 12.2. The predicted octanol–water partition coefficient (Wildman–Crippen LogP) is 2.70. The zero-order valence-electron chi connectivity index (χ0n) is 17.0. The summed E-state index contributed by atoms with van der Waals surface area (Å²) in [5, 5.41) is 5.70. The first-order valence-corrected chi connectivity index (χ1v) is 11.5. The van der Waals surface area contributed by atoms with Crippen molar-refractivity contribution in [3.8, 4) is 5.75 Å². The van der Waals surface area contributed by atoms with Gasteiger partial charge in [-0.25, -0.2) is 13.2 Å². The summed E-state index contributed by atoms with van der Waals surface area (Å²) >= 11 is 0. The van der Waals surface area contributed by atoms with Crippen molar-refractivity contribution >= 4 is 27.4 Å². The van der Waals surface area contributed by atoms with Gasteiger partial charge < -0.3 is 20.3 Å². The molecule has 0 bridgehead atoms. The molecular formula is C19H32N4O4S. The van der Waals surface area contributed by atoms with Crippen molar-refractivity contribution in [1.29, 1.82) is 0 Å². The van der Waals surface area contributed by atoms with Crippen LogP contribution in [0.15, 0.2) is 18.2 Å². The molecule has 0 aromatic heterocycles. The van der Waals surface area contributed by atoms with E-state index in [-0.39, 0.29) is 11.8 Å². The molecule has 1 aliphatic rings. The first-order chi connectivity index (χ1) is 13.4. The van der Waals surface area contributed by atoms with Gasteiger partial charge in [-0.1, -0.05) is 6.92 Å². The van der Waals surface area contributed by atoms with Crippen LogP contribution in [-0.2, 0) is 10.0 Å². The SMILES string of the molecule is CCCN1CCC(CNC(=O)Nc2ccc(NS(=O)(=O)CC)c(OC)c2)CC1. The van der Waals surface area contributed by atoms with Crippen molar-refractivity contribution in [3.05, 3.63) is 18.2 Å². The first kappa shape index (κ1) is 22.3. The number of benzene rings is 1. The van der Waals surface area contributed by atoms with Crippen molar-refractivity contribution < 1.29 is 17.9 Å². The number of sulfonamides is 1. The van der Waals surface area contributed by atoms with Crippen molar-refractivity contribution in [2.75, 3.05) is 49.1 Å². The van der Waals surface area contributed by atoms with Crippen LogP contribution in [-0.4, -0.2) is 58.4 Å². The summed E-state index contributed by atoms with van der Waals surface area (Å²) in [6, 6.07) is 4.53. The van der Waals surface area contributed by atoms with Crippen LogP contribution < -0.4 is 20.1 Å². The van der Waals surface area contributed by atoms with E-state index in [1.165, 1.54) is 13.5 Å². The first-order valence-electron chi connectivity index (χ1n) is 9.82. The van der Waals surface area contributed by atoms with Crippen LogP contribution in [0.5, 0.6) is 5.75 Å². The smallest absolute Gasteiger partial charge is 0.319 e. The van der Waals surface area contributed by atoms with Gasteiger partial charge >= 0.3 is 6.03 Å². The van der Waals surface area contributed by atoms with Gasteiger partial charge in [0, 0.05) is 18.3 Å². The second kappa shape index (κ2) is 10.5. The molecule has 0 atom stereocenters. The summed E-state index contributed by atoms with van der Waals surface area (Å²) in [6.07, 6.45) is 3.37. The van der Waals surface area contributed by atoms with E-state index >= 15 is 0 Å². The molecule has 0 saturated carbocycles. The summed E-state index contributed by atoms with van der Waals surface area (Å²) in [5.74, 6) is 0.813. The average Bonchev–Trinajstić information content (AvgIpc) is 2.68. The highest BCUT2D eigenvalue weighted by Crippen LogP contribution is 2.28. The summed E-state index contributed by atoms with van der Waals surface area (Å²) in [5.41, 5.74) is 0.876. The number of carbonyl (C=O) groups excluding carboxylic acids is 1. The molecule has 1 heterocycles. The van der Waals surface area contributed by atoms with E-state index in [0.29, 0.717) is 29.6 Å². The Hall–Kier alpha value is -2.00. The molecule has 1 saturated heterocycles. The van der Waals surface area contributed by atoms with Gasteiger partial charge in [0.15, 0.2) is 0 Å². The molecule has 0 radical (unpaired) electrons. The number of carbonyl (C=O) groups is 1. The van der Waals surface area contributed by atoms with E-state index in [1.54, 1.807) is 25.1 Å². The molecule has 0 aliphatic carbocycles. The highest BCUT2D eigenvalue weighted by Gasteiger charge is 2.19. The van der Waals surface area contributed by atoms with Gasteiger partial charge in [0.2, 0.25) is 10.0 Å². The number of likely N-dealkylation sites (tertiary alicyclic amines) is 1. The zero-order valence-corrected chi connectivity index (χ0v) is 17.8. The fourth-order valence-corrected chi connectivity index (χ4v) is 3.88. The minimum Gasteiger partial charge on any atom is -0.494 e. The summed E-state index contributed by atoms with van der Waals surface area (Å²) in [4.78, 5) is 14.7. The lowest BCUT2D eigenvalue weighted by atomic mass is 9.97. The number of hydrogen-bond donors (Lipinski definition) is 3. The number of nitrogens with zero attached hydrogens (tertiary/aromatic N) is 1. The quantitative estimate of drug-likeness (QED) is 0.579. The van der Waals surface area contributed by atoms with Gasteiger partial charge in [0.25, 0.3) is 0 Å². The number of hydrogen-bond acceptors (Lipinski definition) is 5. The topological polar surface area (TPSA) is 99.8 Å². The van der Waals surface area contributed by atoms with Gasteiger partial charge in [-0.15, -0.1) is 0 Å². The minimum atomic E-state index is -3.40. The van der Waals surface area contributed by atoms with Crippen molar-refractivity contribution in [3.63, 3.8) is 0 Å². The normalized spacial score (nSPS) is 15.8. The lowest BCUT2D eigenvalue weighted by molar-refractivity contribution is 0.182. The van der Waals surface area contributed by atoms with Gasteiger partial charge in [-0.05, 0) is 63.9 Å². The number of amides is 2. The van der Waals surface area contributed by atoms with Gasteiger partial charge in [-0.3, -0.25) is 4.72 Å². The lowest BCUT2D eigenvalue weighted by Gasteiger charge is -2.31. The second-order valence-corrected chi connectivity index (χ2v) is 9.05. The third-order valence-electron chi connectivity index (χ3n) is 4.90. The number of ether oxygens (including phenoxy) is 1. The molecular weight excluding hydrogens is 380 g/mol. The fourth-order valence-electron chi connectivity index (χ4n) is 3.24. The minimum absolute atomic E-state index is 0.0318. The highest BCUT2D eigenvalue weighted by molar-refractivity contribution is 7.92. The third kappa shape index (κ3) is 6.87. The Balaban J connectivity index is 1.85. The van der Waals surface area contributed by atoms with E-state index < -0.39 is 10.0 Å². The molecule has 8 nitrogen and oxygen atoms in total. The molecule has 1 aliphatic heterocycles. The van der Waals surface area contributed by atoms with Gasteiger partial charge in [0.05, 0.1) is 18.6 Å². The van der Waals surface area contributed by atoms with Crippen molar-refractivity contribution in [2.45, 2.75) is 33.1 Å². The maximum absolute atomic E-state index is 12.2. The molecule has 9 heteroatoms. The molecule has 1 aromatic carbocycles. The number of nitrogens with one attached hydrogen (secondary N) is 3. The number of methoxy groups -OCH3 is 1. The lowest BCUT2D eigenvalue weighted by Crippen LogP contribution is -2.40. The van der Waals surface area contributed by atoms with Gasteiger partial charge in [0.1, 0.15) is 5.75 Å². The summed E-state index contributed by atoms with van der Waals surface area (Å²) in [6.45, 7) is 7.73. The van der Waals surface area contributed by atoms with E-state index in [4.69, 9.17) is 4.74 Å². The number of urea groups is 1. The third-order valence-corrected chi connectivity index (χ3v) is 6.19. The van der Waals surface area contributed by atoms with E-state index in [9.17, 15) is 13.2 Å². The molecule has 28 heavy (non-hydrogen) atoms. The maximum Gasteiger partial charge on any atom is 0.319 e. The molecule has 0 unspecified atom stereocenters. The van der Waals surface area contributed by atoms with Crippen LogP contribution in [0.2, 0.25) is 0 Å². The molecule has 1 fully saturated rings. The second-order valence-electron chi connectivity index (χ2n) is 7.04. The Labute approximate surface area is 168 Å². The van der Waals surface area contributed by atoms with Crippen LogP contribution in [0.1, 0.15) is 33.1 Å². The van der Waals surface area contributed by atoms with E-state index in [0.717, 1.165) is 32.5 Å². The van der Waals surface area contributed by atoms with Crippen LogP contribution >= 0.6 is 0 Å². The van der Waals surface area contributed by atoms with Crippen LogP contribution in [0.25, 0.3) is 0 Å². The van der Waals surface area contributed by atoms with Gasteiger partial charge in [-0.2, -0.15) is 0 Å². The predicted molar refractivity (Wildman–Crippen MR) is 113 cm³/mol. The molecule has 3 N–H and O–H groups in total. The van der Waals surface area contributed by atoms with E-state index in [2.05, 4.69) is 27.2 Å². The number of piperidine rings is 1. The largest absolute Gasteiger partial charge is 0.494 e. The van der Waals surface area contributed by atoms with Crippen LogP contribution in [0, 0.1) is 5.92 Å². The highest BCUT2D eigenvalue weighted by atomic mass is 32.2. The van der Waals surface area contributed by atoms with Crippen molar-refractivity contribution in [2.24, 2.45) is 5.92 Å².